The van der Waals surface area contributed by atoms with Gasteiger partial charge in [-0.2, -0.15) is 5.10 Å². The molecule has 0 aromatic carbocycles. The van der Waals surface area contributed by atoms with E-state index >= 15 is 0 Å². The topological polar surface area (TPSA) is 57.0 Å². The van der Waals surface area contributed by atoms with Gasteiger partial charge >= 0.3 is 0 Å². The zero-order chi connectivity index (χ0) is 8.55. The molecule has 0 aliphatic rings. The molecule has 0 radical (unpaired) electrons. The molecular weight excluding hydrogens is 154 g/mol. The van der Waals surface area contributed by atoms with Crippen LogP contribution in [0.4, 0.5) is 5.88 Å². The van der Waals surface area contributed by atoms with Crippen molar-refractivity contribution in [2.24, 2.45) is 7.05 Å². The molecular formula is C8H9N3O. The fourth-order valence-electron chi connectivity index (χ4n) is 1.04. The molecule has 0 fully saturated rings. The van der Waals surface area contributed by atoms with Crippen molar-refractivity contribution in [2.75, 3.05) is 5.73 Å². The van der Waals surface area contributed by atoms with Crippen LogP contribution < -0.4 is 5.73 Å². The van der Waals surface area contributed by atoms with E-state index in [-0.39, 0.29) is 0 Å². The summed E-state index contributed by atoms with van der Waals surface area (Å²) in [7, 11) is 1.86. The molecule has 12 heavy (non-hydrogen) atoms. The SMILES string of the molecule is Cn1ccc(-c2ccc(N)o2)n1. The first-order valence-corrected chi connectivity index (χ1v) is 3.61. The largest absolute Gasteiger partial charge is 0.439 e. The van der Waals surface area contributed by atoms with Gasteiger partial charge in [0.25, 0.3) is 0 Å². The standard InChI is InChI=1S/C8H9N3O/c1-11-5-4-6(10-11)7-2-3-8(9)12-7/h2-5H,9H2,1H3. The Kier molecular flexibility index (Phi) is 1.40. The quantitative estimate of drug-likeness (QED) is 0.688. The first-order chi connectivity index (χ1) is 5.75. The molecule has 0 aliphatic heterocycles. The van der Waals surface area contributed by atoms with Crippen LogP contribution >= 0.6 is 0 Å². The molecule has 0 saturated carbocycles. The third-order valence-electron chi connectivity index (χ3n) is 1.59. The number of nitrogen functional groups attached to an aromatic ring is 1. The second kappa shape index (κ2) is 2.41. The number of anilines is 1. The van der Waals surface area contributed by atoms with Gasteiger partial charge in [0.2, 0.25) is 0 Å². The Hall–Kier alpha value is -1.71. The summed E-state index contributed by atoms with van der Waals surface area (Å²) in [6.07, 6.45) is 1.86. The normalized spacial score (nSPS) is 10.4. The predicted molar refractivity (Wildman–Crippen MR) is 45.3 cm³/mol. The lowest BCUT2D eigenvalue weighted by Gasteiger charge is -1.88. The Labute approximate surface area is 69.6 Å². The first-order valence-electron chi connectivity index (χ1n) is 3.61. The van der Waals surface area contributed by atoms with Crippen molar-refractivity contribution in [3.63, 3.8) is 0 Å². The summed E-state index contributed by atoms with van der Waals surface area (Å²) in [6, 6.07) is 5.39. The highest BCUT2D eigenvalue weighted by atomic mass is 16.4. The van der Waals surface area contributed by atoms with Gasteiger partial charge in [0, 0.05) is 19.3 Å². The molecule has 0 aliphatic carbocycles. The van der Waals surface area contributed by atoms with E-state index in [1.807, 2.05) is 19.3 Å². The smallest absolute Gasteiger partial charge is 0.191 e. The van der Waals surface area contributed by atoms with Crippen LogP contribution in [0.3, 0.4) is 0 Å². The van der Waals surface area contributed by atoms with E-state index in [4.69, 9.17) is 10.2 Å². The number of furan rings is 1. The highest BCUT2D eigenvalue weighted by Gasteiger charge is 2.04. The van der Waals surface area contributed by atoms with Crippen LogP contribution in [0.25, 0.3) is 11.5 Å². The Bertz CT molecular complexity index is 350. The van der Waals surface area contributed by atoms with Crippen LogP contribution in [-0.4, -0.2) is 9.78 Å². The van der Waals surface area contributed by atoms with E-state index in [1.165, 1.54) is 0 Å². The summed E-state index contributed by atoms with van der Waals surface area (Å²) in [5.41, 5.74) is 6.22. The molecule has 0 spiro atoms. The second-order valence-electron chi connectivity index (χ2n) is 2.58. The summed E-state index contributed by atoms with van der Waals surface area (Å²) in [6.45, 7) is 0. The van der Waals surface area contributed by atoms with Crippen molar-refractivity contribution in [1.29, 1.82) is 0 Å². The van der Waals surface area contributed by atoms with Crippen LogP contribution in [0.15, 0.2) is 28.8 Å². The van der Waals surface area contributed by atoms with E-state index in [0.717, 1.165) is 5.69 Å². The van der Waals surface area contributed by atoms with Crippen molar-refractivity contribution in [3.05, 3.63) is 24.4 Å². The number of nitrogens with two attached hydrogens (primary N) is 1. The van der Waals surface area contributed by atoms with Gasteiger partial charge in [-0.25, -0.2) is 0 Å². The van der Waals surface area contributed by atoms with Crippen molar-refractivity contribution < 1.29 is 4.42 Å². The lowest BCUT2D eigenvalue weighted by atomic mass is 10.3. The lowest BCUT2D eigenvalue weighted by molar-refractivity contribution is 0.598. The average molecular weight is 163 g/mol. The number of hydrogen-bond acceptors (Lipinski definition) is 3. The van der Waals surface area contributed by atoms with Crippen molar-refractivity contribution in [1.82, 2.24) is 9.78 Å². The third kappa shape index (κ3) is 1.07. The maximum absolute atomic E-state index is 5.42. The zero-order valence-corrected chi connectivity index (χ0v) is 6.69. The van der Waals surface area contributed by atoms with Gasteiger partial charge < -0.3 is 10.2 Å². The van der Waals surface area contributed by atoms with Gasteiger partial charge in [-0.1, -0.05) is 0 Å². The van der Waals surface area contributed by atoms with Gasteiger partial charge in [0.15, 0.2) is 11.6 Å². The Morgan fingerprint density at radius 2 is 2.25 bits per heavy atom. The maximum Gasteiger partial charge on any atom is 0.191 e. The van der Waals surface area contributed by atoms with Gasteiger partial charge in [-0.3, -0.25) is 4.68 Å². The van der Waals surface area contributed by atoms with Gasteiger partial charge in [0.05, 0.1) is 0 Å². The van der Waals surface area contributed by atoms with E-state index in [2.05, 4.69) is 5.10 Å². The predicted octanol–water partition coefficient (Wildman–Crippen LogP) is 1.26. The molecule has 2 aromatic heterocycles. The maximum atomic E-state index is 5.42. The molecule has 2 aromatic rings. The zero-order valence-electron chi connectivity index (χ0n) is 6.69. The molecule has 0 amide bonds. The first kappa shape index (κ1) is 6.97. The van der Waals surface area contributed by atoms with Crippen LogP contribution in [0.2, 0.25) is 0 Å². The van der Waals surface area contributed by atoms with Crippen LogP contribution in [-0.2, 0) is 7.05 Å². The second-order valence-corrected chi connectivity index (χ2v) is 2.58. The summed E-state index contributed by atoms with van der Waals surface area (Å²) in [5.74, 6) is 1.11. The minimum atomic E-state index is 0.413. The number of aryl methyl sites for hydroxylation is 1. The monoisotopic (exact) mass is 163 g/mol. The Morgan fingerprint density at radius 1 is 1.42 bits per heavy atom. The van der Waals surface area contributed by atoms with Crippen molar-refractivity contribution >= 4 is 5.88 Å². The molecule has 0 saturated heterocycles. The van der Waals surface area contributed by atoms with Crippen molar-refractivity contribution in [2.45, 2.75) is 0 Å². The van der Waals surface area contributed by atoms with E-state index < -0.39 is 0 Å². The summed E-state index contributed by atoms with van der Waals surface area (Å²) < 4.78 is 6.90. The van der Waals surface area contributed by atoms with Gasteiger partial charge in [-0.15, -0.1) is 0 Å². The van der Waals surface area contributed by atoms with Crippen LogP contribution in [0, 0.1) is 0 Å². The Balaban J connectivity index is 2.43. The summed E-state index contributed by atoms with van der Waals surface area (Å²) in [5, 5.41) is 4.16. The summed E-state index contributed by atoms with van der Waals surface area (Å²) >= 11 is 0. The fourth-order valence-corrected chi connectivity index (χ4v) is 1.04. The number of aromatic nitrogens is 2. The van der Waals surface area contributed by atoms with Crippen LogP contribution in [0.1, 0.15) is 0 Å². The fraction of sp³-hybridized carbons (Fsp3) is 0.125. The number of hydrogen-bond donors (Lipinski definition) is 1. The van der Waals surface area contributed by atoms with Crippen molar-refractivity contribution in [3.8, 4) is 11.5 Å². The molecule has 2 rings (SSSR count). The number of rotatable bonds is 1. The number of nitrogens with zero attached hydrogens (tertiary/aromatic N) is 2. The van der Waals surface area contributed by atoms with Gasteiger partial charge in [-0.05, 0) is 12.1 Å². The third-order valence-corrected chi connectivity index (χ3v) is 1.59. The van der Waals surface area contributed by atoms with Gasteiger partial charge in [0.1, 0.15) is 5.69 Å². The molecule has 4 heteroatoms. The molecule has 62 valence electrons. The highest BCUT2D eigenvalue weighted by Crippen LogP contribution is 2.20. The summed E-state index contributed by atoms with van der Waals surface area (Å²) in [4.78, 5) is 0. The molecule has 0 bridgehead atoms. The molecule has 2 heterocycles. The lowest BCUT2D eigenvalue weighted by Crippen LogP contribution is -1.86. The average Bonchev–Trinajstić information content (AvgIpc) is 2.58. The highest BCUT2D eigenvalue weighted by molar-refractivity contribution is 5.53. The molecule has 0 atom stereocenters. The minimum Gasteiger partial charge on any atom is -0.439 e. The Morgan fingerprint density at radius 3 is 2.75 bits per heavy atom. The molecule has 2 N–H and O–H groups in total. The van der Waals surface area contributed by atoms with E-state index in [1.54, 1.807) is 16.8 Å². The van der Waals surface area contributed by atoms with Crippen LogP contribution in [0.5, 0.6) is 0 Å². The molecule has 0 unspecified atom stereocenters. The van der Waals surface area contributed by atoms with E-state index in [0.29, 0.717) is 11.6 Å². The van der Waals surface area contributed by atoms with E-state index in [9.17, 15) is 0 Å². The molecule has 4 nitrogen and oxygen atoms in total. The minimum absolute atomic E-state index is 0.413.